The number of benzene rings is 2. The van der Waals surface area contributed by atoms with Gasteiger partial charge in [-0.2, -0.15) is 18.4 Å². The van der Waals surface area contributed by atoms with E-state index in [1.54, 1.807) is 18.2 Å². The molecule has 0 bridgehead atoms. The van der Waals surface area contributed by atoms with Crippen LogP contribution in [0.1, 0.15) is 35.1 Å². The zero-order valence-corrected chi connectivity index (χ0v) is 14.3. The third-order valence-corrected chi connectivity index (χ3v) is 5.24. The molecule has 3 atom stereocenters. The molecule has 1 aliphatic heterocycles. The SMILES string of the molecule is N#CCOc1ccc([C@@H]2Nc3c(cccc3C(F)(F)F)[C@H]3C=CC[C@H]32)cc1. The highest BCUT2D eigenvalue weighted by Gasteiger charge is 2.42. The monoisotopic (exact) mass is 370 g/mol. The zero-order chi connectivity index (χ0) is 19.0. The standard InChI is InChI=1S/C21H17F3N2O/c22-21(23,24)18-6-2-5-17-15-3-1-4-16(15)19(26-20(17)18)13-7-9-14(10-8-13)27-12-11-25/h1-3,5-10,15-16,19,26H,4,12H2/t15-,16+,19-/m0/s1. The van der Waals surface area contributed by atoms with Gasteiger partial charge >= 0.3 is 6.18 Å². The van der Waals surface area contributed by atoms with Crippen LogP contribution in [0.2, 0.25) is 0 Å². The second kappa shape index (κ2) is 6.66. The highest BCUT2D eigenvalue weighted by Crippen LogP contribution is 2.52. The van der Waals surface area contributed by atoms with Gasteiger partial charge in [0.1, 0.15) is 11.8 Å². The molecule has 0 aromatic heterocycles. The number of fused-ring (bicyclic) bond motifs is 3. The summed E-state index contributed by atoms with van der Waals surface area (Å²) in [7, 11) is 0. The number of hydrogen-bond acceptors (Lipinski definition) is 3. The molecule has 0 fully saturated rings. The van der Waals surface area contributed by atoms with Crippen LogP contribution in [-0.4, -0.2) is 6.61 Å². The summed E-state index contributed by atoms with van der Waals surface area (Å²) in [6.45, 7) is -0.0437. The number of allylic oxidation sites excluding steroid dienone is 2. The summed E-state index contributed by atoms with van der Waals surface area (Å²) in [5.41, 5.74) is 1.15. The Hall–Kier alpha value is -2.94. The molecule has 0 saturated carbocycles. The van der Waals surface area contributed by atoms with Gasteiger partial charge in [0.25, 0.3) is 0 Å². The van der Waals surface area contributed by atoms with E-state index in [4.69, 9.17) is 10.00 Å². The molecule has 2 aliphatic rings. The van der Waals surface area contributed by atoms with Gasteiger partial charge in [-0.3, -0.25) is 0 Å². The number of anilines is 1. The summed E-state index contributed by atoms with van der Waals surface area (Å²) in [6.07, 6.45) is 0.462. The lowest BCUT2D eigenvalue weighted by atomic mass is 9.76. The first-order valence-corrected chi connectivity index (χ1v) is 8.72. The van der Waals surface area contributed by atoms with E-state index in [0.29, 0.717) is 11.3 Å². The molecular formula is C21H17F3N2O. The number of nitrogens with zero attached hydrogens (tertiary/aromatic N) is 1. The molecule has 0 amide bonds. The maximum absolute atomic E-state index is 13.5. The van der Waals surface area contributed by atoms with Crippen molar-refractivity contribution in [3.05, 3.63) is 71.3 Å². The van der Waals surface area contributed by atoms with E-state index in [1.807, 2.05) is 30.4 Å². The Labute approximate surface area is 155 Å². The van der Waals surface area contributed by atoms with E-state index >= 15 is 0 Å². The van der Waals surface area contributed by atoms with Crippen molar-refractivity contribution in [1.29, 1.82) is 5.26 Å². The maximum atomic E-state index is 13.5. The van der Waals surface area contributed by atoms with Gasteiger partial charge in [0.2, 0.25) is 0 Å². The number of nitrogens with one attached hydrogen (secondary N) is 1. The number of hydrogen-bond donors (Lipinski definition) is 1. The number of ether oxygens (including phenoxy) is 1. The van der Waals surface area contributed by atoms with Gasteiger partial charge < -0.3 is 10.1 Å². The van der Waals surface area contributed by atoms with Crippen LogP contribution in [0.25, 0.3) is 0 Å². The van der Waals surface area contributed by atoms with Crippen molar-refractivity contribution >= 4 is 5.69 Å². The molecular weight excluding hydrogens is 353 g/mol. The second-order valence-electron chi connectivity index (χ2n) is 6.76. The first kappa shape index (κ1) is 17.5. The fourth-order valence-electron chi connectivity index (χ4n) is 4.07. The number of alkyl halides is 3. The molecule has 0 saturated heterocycles. The van der Waals surface area contributed by atoms with Gasteiger partial charge in [0, 0.05) is 5.92 Å². The largest absolute Gasteiger partial charge is 0.479 e. The predicted molar refractivity (Wildman–Crippen MR) is 95.3 cm³/mol. The fourth-order valence-corrected chi connectivity index (χ4v) is 4.07. The van der Waals surface area contributed by atoms with E-state index in [2.05, 4.69) is 5.32 Å². The topological polar surface area (TPSA) is 45.0 Å². The first-order valence-electron chi connectivity index (χ1n) is 8.72. The number of nitriles is 1. The molecule has 27 heavy (non-hydrogen) atoms. The van der Waals surface area contributed by atoms with Crippen molar-refractivity contribution in [3.8, 4) is 11.8 Å². The molecule has 1 heterocycles. The average Bonchev–Trinajstić information content (AvgIpc) is 3.15. The van der Waals surface area contributed by atoms with Gasteiger partial charge in [-0.05, 0) is 41.7 Å². The van der Waals surface area contributed by atoms with E-state index in [9.17, 15) is 13.2 Å². The van der Waals surface area contributed by atoms with Crippen LogP contribution in [-0.2, 0) is 6.18 Å². The molecule has 138 valence electrons. The van der Waals surface area contributed by atoms with Crippen LogP contribution in [0.5, 0.6) is 5.75 Å². The minimum atomic E-state index is -4.41. The molecule has 1 N–H and O–H groups in total. The summed E-state index contributed by atoms with van der Waals surface area (Å²) in [5.74, 6) is 0.684. The Balaban J connectivity index is 1.72. The Morgan fingerprint density at radius 2 is 1.93 bits per heavy atom. The molecule has 2 aromatic carbocycles. The van der Waals surface area contributed by atoms with Gasteiger partial charge in [-0.15, -0.1) is 0 Å². The normalized spacial score (nSPS) is 23.1. The van der Waals surface area contributed by atoms with Crippen molar-refractivity contribution < 1.29 is 17.9 Å². The Morgan fingerprint density at radius 1 is 1.15 bits per heavy atom. The van der Waals surface area contributed by atoms with Crippen molar-refractivity contribution in [2.45, 2.75) is 24.6 Å². The highest BCUT2D eigenvalue weighted by molar-refractivity contribution is 5.65. The minimum absolute atomic E-state index is 0.0388. The van der Waals surface area contributed by atoms with Crippen LogP contribution in [0.15, 0.2) is 54.6 Å². The molecule has 0 spiro atoms. The maximum Gasteiger partial charge on any atom is 0.418 e. The smallest absolute Gasteiger partial charge is 0.418 e. The van der Waals surface area contributed by atoms with E-state index in [1.165, 1.54) is 6.07 Å². The van der Waals surface area contributed by atoms with Crippen LogP contribution in [0.3, 0.4) is 0 Å². The number of halogens is 3. The summed E-state index contributed by atoms with van der Waals surface area (Å²) < 4.78 is 45.8. The lowest BCUT2D eigenvalue weighted by molar-refractivity contribution is -0.137. The van der Waals surface area contributed by atoms with Crippen LogP contribution in [0, 0.1) is 17.2 Å². The minimum Gasteiger partial charge on any atom is -0.479 e. The molecule has 2 aromatic rings. The first-order chi connectivity index (χ1) is 13.0. The third-order valence-electron chi connectivity index (χ3n) is 5.24. The second-order valence-corrected chi connectivity index (χ2v) is 6.76. The lowest BCUT2D eigenvalue weighted by Gasteiger charge is -2.38. The van der Waals surface area contributed by atoms with Gasteiger partial charge in [-0.1, -0.05) is 36.4 Å². The Kier molecular flexibility index (Phi) is 4.31. The lowest BCUT2D eigenvalue weighted by Crippen LogP contribution is -2.30. The highest BCUT2D eigenvalue weighted by atomic mass is 19.4. The Morgan fingerprint density at radius 3 is 2.63 bits per heavy atom. The summed E-state index contributed by atoms with van der Waals surface area (Å²) in [5, 5.41) is 11.8. The zero-order valence-electron chi connectivity index (χ0n) is 14.3. The molecule has 4 rings (SSSR count). The van der Waals surface area contributed by atoms with E-state index < -0.39 is 11.7 Å². The van der Waals surface area contributed by atoms with Crippen molar-refractivity contribution in [3.63, 3.8) is 0 Å². The number of para-hydroxylation sites is 1. The van der Waals surface area contributed by atoms with Gasteiger partial charge in [-0.25, -0.2) is 0 Å². The van der Waals surface area contributed by atoms with Gasteiger partial charge in [0.15, 0.2) is 6.61 Å². The number of rotatable bonds is 3. The summed E-state index contributed by atoms with van der Waals surface area (Å²) >= 11 is 0. The third kappa shape index (κ3) is 3.14. The molecule has 0 unspecified atom stereocenters. The van der Waals surface area contributed by atoms with E-state index in [-0.39, 0.29) is 30.2 Å². The molecule has 1 aliphatic carbocycles. The van der Waals surface area contributed by atoms with Crippen LogP contribution >= 0.6 is 0 Å². The molecule has 0 radical (unpaired) electrons. The molecule has 3 nitrogen and oxygen atoms in total. The summed E-state index contributed by atoms with van der Waals surface area (Å²) in [4.78, 5) is 0. The predicted octanol–water partition coefficient (Wildman–Crippen LogP) is 5.43. The Bertz CT molecular complexity index is 913. The van der Waals surface area contributed by atoms with Crippen LogP contribution < -0.4 is 10.1 Å². The quantitative estimate of drug-likeness (QED) is 0.733. The fraction of sp³-hybridized carbons (Fsp3) is 0.286. The van der Waals surface area contributed by atoms with Crippen molar-refractivity contribution in [2.75, 3.05) is 11.9 Å². The summed E-state index contributed by atoms with van der Waals surface area (Å²) in [6, 6.07) is 13.2. The average molecular weight is 370 g/mol. The van der Waals surface area contributed by atoms with Gasteiger partial charge in [0.05, 0.1) is 17.3 Å². The van der Waals surface area contributed by atoms with E-state index in [0.717, 1.165) is 18.1 Å². The van der Waals surface area contributed by atoms with Crippen molar-refractivity contribution in [1.82, 2.24) is 0 Å². The van der Waals surface area contributed by atoms with Crippen molar-refractivity contribution in [2.24, 2.45) is 5.92 Å². The van der Waals surface area contributed by atoms with Crippen LogP contribution in [0.4, 0.5) is 18.9 Å². The molecule has 6 heteroatoms.